The summed E-state index contributed by atoms with van der Waals surface area (Å²) in [6.45, 7) is 8.07. The Balaban J connectivity index is 1.90. The van der Waals surface area contributed by atoms with Crippen LogP contribution in [0.3, 0.4) is 0 Å². The molecule has 0 aliphatic carbocycles. The van der Waals surface area contributed by atoms with E-state index in [0.29, 0.717) is 5.92 Å². The maximum absolute atomic E-state index is 4.47. The molecule has 3 heterocycles. The van der Waals surface area contributed by atoms with Gasteiger partial charge in [-0.3, -0.25) is 0 Å². The summed E-state index contributed by atoms with van der Waals surface area (Å²) in [5, 5.41) is 12.3. The molecule has 0 bridgehead atoms. The zero-order chi connectivity index (χ0) is 11.9. The van der Waals surface area contributed by atoms with Crippen LogP contribution in [0.1, 0.15) is 44.8 Å². The number of nitrogens with one attached hydrogen (secondary N) is 1. The zero-order valence-corrected chi connectivity index (χ0v) is 10.9. The molecular formula is C13H22N4. The first kappa shape index (κ1) is 11.2. The van der Waals surface area contributed by atoms with Crippen LogP contribution in [0.25, 0.3) is 0 Å². The van der Waals surface area contributed by atoms with Crippen LogP contribution in [0, 0.1) is 5.92 Å². The number of aromatic nitrogens is 3. The van der Waals surface area contributed by atoms with Crippen LogP contribution in [-0.4, -0.2) is 27.9 Å². The van der Waals surface area contributed by atoms with Crippen molar-refractivity contribution in [3.63, 3.8) is 0 Å². The van der Waals surface area contributed by atoms with Gasteiger partial charge in [0.1, 0.15) is 11.6 Å². The Kier molecular flexibility index (Phi) is 2.69. The first-order valence-electron chi connectivity index (χ1n) is 6.83. The summed E-state index contributed by atoms with van der Waals surface area (Å²) in [5.41, 5.74) is 0.142. The molecule has 1 N–H and O–H groups in total. The van der Waals surface area contributed by atoms with Gasteiger partial charge < -0.3 is 9.88 Å². The summed E-state index contributed by atoms with van der Waals surface area (Å²) in [6, 6.07) is 0. The number of fused-ring (bicyclic) bond motifs is 1. The Hall–Kier alpha value is -0.900. The third-order valence-electron chi connectivity index (χ3n) is 4.50. The molecule has 1 aromatic rings. The molecule has 1 atom stereocenters. The van der Waals surface area contributed by atoms with Crippen molar-refractivity contribution in [1.29, 1.82) is 0 Å². The summed E-state index contributed by atoms with van der Waals surface area (Å²) in [6.07, 6.45) is 4.93. The van der Waals surface area contributed by atoms with Gasteiger partial charge in [0, 0.05) is 18.4 Å². The van der Waals surface area contributed by atoms with E-state index in [2.05, 4.69) is 33.9 Å². The highest BCUT2D eigenvalue weighted by Gasteiger charge is 2.37. The first-order valence-corrected chi connectivity index (χ1v) is 6.83. The van der Waals surface area contributed by atoms with Crippen LogP contribution in [0.4, 0.5) is 0 Å². The summed E-state index contributed by atoms with van der Waals surface area (Å²) in [5.74, 6) is 3.08. The molecule has 4 nitrogen and oxygen atoms in total. The second-order valence-electron chi connectivity index (χ2n) is 5.96. The fourth-order valence-electron chi connectivity index (χ4n) is 3.28. The van der Waals surface area contributed by atoms with E-state index in [1.54, 1.807) is 0 Å². The van der Waals surface area contributed by atoms with Crippen LogP contribution in [0.15, 0.2) is 0 Å². The van der Waals surface area contributed by atoms with Gasteiger partial charge in [-0.2, -0.15) is 0 Å². The molecule has 1 unspecified atom stereocenters. The van der Waals surface area contributed by atoms with Gasteiger partial charge in [0.15, 0.2) is 0 Å². The molecule has 0 radical (unpaired) electrons. The van der Waals surface area contributed by atoms with Crippen molar-refractivity contribution in [2.75, 3.05) is 13.1 Å². The highest BCUT2D eigenvalue weighted by atomic mass is 15.3. The maximum Gasteiger partial charge on any atom is 0.139 e. The molecule has 3 rings (SSSR count). The van der Waals surface area contributed by atoms with Crippen molar-refractivity contribution >= 4 is 0 Å². The minimum Gasteiger partial charge on any atom is -0.316 e. The number of rotatable bonds is 2. The molecule has 0 amide bonds. The molecule has 2 aliphatic heterocycles. The number of hydrogen-bond acceptors (Lipinski definition) is 3. The first-order chi connectivity index (χ1) is 8.19. The van der Waals surface area contributed by atoms with Crippen molar-refractivity contribution < 1.29 is 0 Å². The number of nitrogens with zero attached hydrogens (tertiary/aromatic N) is 3. The van der Waals surface area contributed by atoms with E-state index in [-0.39, 0.29) is 5.41 Å². The zero-order valence-electron chi connectivity index (χ0n) is 10.9. The largest absolute Gasteiger partial charge is 0.316 e. The van der Waals surface area contributed by atoms with Crippen LogP contribution in [0.2, 0.25) is 0 Å². The van der Waals surface area contributed by atoms with E-state index < -0.39 is 0 Å². The number of hydrogen-bond donors (Lipinski definition) is 1. The Morgan fingerprint density at radius 3 is 2.94 bits per heavy atom. The molecule has 0 saturated carbocycles. The lowest BCUT2D eigenvalue weighted by molar-refractivity contribution is 0.235. The molecule has 94 valence electrons. The Labute approximate surface area is 103 Å². The standard InChI is InChI=1S/C13H22N4/c1-13(2,10-5-3-7-14-9-10)12-16-15-11-6-4-8-17(11)12/h10,14H,3-9H2,1-2H3. The van der Waals surface area contributed by atoms with Gasteiger partial charge in [-0.05, 0) is 38.3 Å². The average molecular weight is 234 g/mol. The normalized spacial score (nSPS) is 24.9. The van der Waals surface area contributed by atoms with Gasteiger partial charge >= 0.3 is 0 Å². The quantitative estimate of drug-likeness (QED) is 0.843. The molecule has 0 spiro atoms. The monoisotopic (exact) mass is 234 g/mol. The summed E-state index contributed by atoms with van der Waals surface area (Å²) < 4.78 is 2.36. The second-order valence-corrected chi connectivity index (χ2v) is 5.96. The van der Waals surface area contributed by atoms with Crippen molar-refractivity contribution in [3.8, 4) is 0 Å². The smallest absolute Gasteiger partial charge is 0.139 e. The molecular weight excluding hydrogens is 212 g/mol. The van der Waals surface area contributed by atoms with E-state index in [0.717, 1.165) is 19.5 Å². The highest BCUT2D eigenvalue weighted by molar-refractivity contribution is 5.12. The topological polar surface area (TPSA) is 42.7 Å². The van der Waals surface area contributed by atoms with Crippen LogP contribution >= 0.6 is 0 Å². The number of piperidine rings is 1. The average Bonchev–Trinajstić information content (AvgIpc) is 2.91. The van der Waals surface area contributed by atoms with E-state index in [1.807, 2.05) is 0 Å². The predicted molar refractivity (Wildman–Crippen MR) is 67.0 cm³/mol. The Bertz CT molecular complexity index is 402. The summed E-state index contributed by atoms with van der Waals surface area (Å²) in [4.78, 5) is 0. The van der Waals surface area contributed by atoms with E-state index >= 15 is 0 Å². The molecule has 1 saturated heterocycles. The van der Waals surface area contributed by atoms with Crippen LogP contribution in [-0.2, 0) is 18.4 Å². The SMILES string of the molecule is CC(C)(c1nnc2n1CCC2)C1CCCNC1. The van der Waals surface area contributed by atoms with Crippen molar-refractivity contribution in [1.82, 2.24) is 20.1 Å². The minimum atomic E-state index is 0.142. The van der Waals surface area contributed by atoms with E-state index in [9.17, 15) is 0 Å². The molecule has 17 heavy (non-hydrogen) atoms. The molecule has 1 aromatic heterocycles. The fourth-order valence-corrected chi connectivity index (χ4v) is 3.28. The summed E-state index contributed by atoms with van der Waals surface area (Å²) in [7, 11) is 0. The highest BCUT2D eigenvalue weighted by Crippen LogP contribution is 2.35. The van der Waals surface area contributed by atoms with Crippen LogP contribution < -0.4 is 5.32 Å². The lowest BCUT2D eigenvalue weighted by atomic mass is 9.74. The third kappa shape index (κ3) is 1.79. The molecule has 4 heteroatoms. The fraction of sp³-hybridized carbons (Fsp3) is 0.846. The van der Waals surface area contributed by atoms with Crippen molar-refractivity contribution in [3.05, 3.63) is 11.6 Å². The van der Waals surface area contributed by atoms with E-state index in [4.69, 9.17) is 0 Å². The Morgan fingerprint density at radius 1 is 1.29 bits per heavy atom. The van der Waals surface area contributed by atoms with Crippen molar-refractivity contribution in [2.24, 2.45) is 5.92 Å². The molecule has 0 aromatic carbocycles. The minimum absolute atomic E-state index is 0.142. The van der Waals surface area contributed by atoms with Gasteiger partial charge in [0.25, 0.3) is 0 Å². The van der Waals surface area contributed by atoms with Crippen molar-refractivity contribution in [2.45, 2.75) is 51.5 Å². The third-order valence-corrected chi connectivity index (χ3v) is 4.50. The van der Waals surface area contributed by atoms with Gasteiger partial charge in [0.2, 0.25) is 0 Å². The Morgan fingerprint density at radius 2 is 2.18 bits per heavy atom. The second kappa shape index (κ2) is 4.09. The molecule has 2 aliphatic rings. The lowest BCUT2D eigenvalue weighted by Crippen LogP contribution is -2.42. The molecule has 1 fully saturated rings. The number of aryl methyl sites for hydroxylation is 1. The summed E-state index contributed by atoms with van der Waals surface area (Å²) >= 11 is 0. The van der Waals surface area contributed by atoms with Gasteiger partial charge in [-0.15, -0.1) is 10.2 Å². The predicted octanol–water partition coefficient (Wildman–Crippen LogP) is 1.50. The lowest BCUT2D eigenvalue weighted by Gasteiger charge is -2.36. The van der Waals surface area contributed by atoms with Gasteiger partial charge in [0.05, 0.1) is 0 Å². The van der Waals surface area contributed by atoms with Gasteiger partial charge in [-0.25, -0.2) is 0 Å². The maximum atomic E-state index is 4.47. The van der Waals surface area contributed by atoms with Crippen LogP contribution in [0.5, 0.6) is 0 Å². The van der Waals surface area contributed by atoms with E-state index in [1.165, 1.54) is 37.5 Å². The van der Waals surface area contributed by atoms with Gasteiger partial charge in [-0.1, -0.05) is 13.8 Å².